The van der Waals surface area contributed by atoms with Crippen LogP contribution in [0, 0.1) is 0 Å². The number of furan rings is 1. The fraction of sp³-hybridized carbons (Fsp3) is 0.0606. The van der Waals surface area contributed by atoms with Crippen LogP contribution in [0.1, 0.15) is 47.2 Å². The normalized spacial score (nSPS) is 13.9. The smallest absolute Gasteiger partial charge is 0.140 e. The fourth-order valence-corrected chi connectivity index (χ4v) is 11.5. The zero-order valence-corrected chi connectivity index (χ0v) is 38.6. The van der Waals surface area contributed by atoms with E-state index in [2.05, 4.69) is 278 Å². The molecule has 1 aliphatic carbocycles. The maximum atomic E-state index is 6.89. The number of nitrogens with zero attached hydrogens (tertiary/aromatic N) is 2. The summed E-state index contributed by atoms with van der Waals surface area (Å²) in [4.78, 5) is 4.82. The monoisotopic (exact) mass is 884 g/mol. The van der Waals surface area contributed by atoms with Crippen molar-refractivity contribution < 1.29 is 4.42 Å². The van der Waals surface area contributed by atoms with E-state index < -0.39 is 5.41 Å². The van der Waals surface area contributed by atoms with E-state index in [1.165, 1.54) is 67.0 Å². The topological polar surface area (TPSA) is 19.6 Å². The molecule has 0 atom stereocenters. The lowest BCUT2D eigenvalue weighted by molar-refractivity contribution is 0.628. The van der Waals surface area contributed by atoms with Gasteiger partial charge in [-0.25, -0.2) is 0 Å². The van der Waals surface area contributed by atoms with Crippen LogP contribution in [0.15, 0.2) is 259 Å². The highest BCUT2D eigenvalue weighted by Crippen LogP contribution is 2.60. The van der Waals surface area contributed by atoms with Gasteiger partial charge < -0.3 is 14.2 Å². The third-order valence-electron chi connectivity index (χ3n) is 14.7. The lowest BCUT2D eigenvalue weighted by Crippen LogP contribution is -2.30. The van der Waals surface area contributed by atoms with E-state index in [4.69, 9.17) is 4.42 Å². The molecule has 1 aromatic heterocycles. The van der Waals surface area contributed by atoms with Crippen molar-refractivity contribution in [1.82, 2.24) is 0 Å². The van der Waals surface area contributed by atoms with Crippen LogP contribution in [-0.4, -0.2) is 0 Å². The molecule has 0 amide bonds. The molecule has 3 heteroatoms. The molecule has 0 saturated carbocycles. The van der Waals surface area contributed by atoms with Crippen LogP contribution in [0.25, 0.3) is 44.5 Å². The van der Waals surface area contributed by atoms with E-state index in [9.17, 15) is 0 Å². The summed E-state index contributed by atoms with van der Waals surface area (Å²) in [6.07, 6.45) is 0. The molecule has 3 nitrogen and oxygen atoms in total. The number of hydrogen-bond acceptors (Lipinski definition) is 3. The van der Waals surface area contributed by atoms with Gasteiger partial charge >= 0.3 is 0 Å². The summed E-state index contributed by atoms with van der Waals surface area (Å²) in [5, 5.41) is 1.13. The van der Waals surface area contributed by atoms with E-state index in [-0.39, 0.29) is 5.41 Å². The second-order valence-corrected chi connectivity index (χ2v) is 18.9. The number of fused-ring (bicyclic) bond motifs is 7. The summed E-state index contributed by atoms with van der Waals surface area (Å²) in [5.74, 6) is 0.928. The lowest BCUT2D eigenvalue weighted by atomic mass is 9.67. The Labute approximate surface area is 403 Å². The average molecular weight is 885 g/mol. The third-order valence-corrected chi connectivity index (χ3v) is 14.7. The molecule has 0 radical (unpaired) electrons. The first-order valence-corrected chi connectivity index (χ1v) is 23.9. The third kappa shape index (κ3) is 6.35. The largest absolute Gasteiger partial charge is 0.456 e. The minimum atomic E-state index is -0.640. The minimum Gasteiger partial charge on any atom is -0.456 e. The molecule has 0 bridgehead atoms. The van der Waals surface area contributed by atoms with Crippen molar-refractivity contribution in [2.45, 2.75) is 24.7 Å². The molecular weight excluding hydrogens is 837 g/mol. The first kappa shape index (κ1) is 40.6. The Morgan fingerprint density at radius 3 is 1.57 bits per heavy atom. The van der Waals surface area contributed by atoms with Crippen molar-refractivity contribution in [3.63, 3.8) is 0 Å². The standard InChI is InChI=1S/C66H48N2O/c1-65(2)57-28-16-17-29-60(57)68(51-25-13-6-14-26-51)61-42-35-48(43-59(61)65)47-33-38-53(39-34-47)67(52-36-31-46(32-37-52)45-19-7-3-8-20-45)54-40-41-55-58(44-54)66(49-21-9-4-10-22-49,50-23-11-5-12-24-50)63-56-27-15-18-30-62(56)69-64(55)63/h3-44H,1-2H3. The van der Waals surface area contributed by atoms with Crippen molar-refractivity contribution in [3.05, 3.63) is 288 Å². The van der Waals surface area contributed by atoms with Gasteiger partial charge in [0.05, 0.1) is 16.8 Å². The highest BCUT2D eigenvalue weighted by Gasteiger charge is 2.50. The van der Waals surface area contributed by atoms with Gasteiger partial charge in [0.25, 0.3) is 0 Å². The molecule has 0 N–H and O–H groups in total. The first-order valence-electron chi connectivity index (χ1n) is 23.9. The molecule has 10 aromatic carbocycles. The van der Waals surface area contributed by atoms with Gasteiger partial charge in [-0.2, -0.15) is 0 Å². The van der Waals surface area contributed by atoms with Crippen LogP contribution in [0.2, 0.25) is 0 Å². The Morgan fingerprint density at radius 2 is 0.899 bits per heavy atom. The van der Waals surface area contributed by atoms with Gasteiger partial charge in [-0.05, 0) is 129 Å². The van der Waals surface area contributed by atoms with Crippen molar-refractivity contribution in [2.24, 2.45) is 0 Å². The molecule has 328 valence electrons. The predicted molar refractivity (Wildman–Crippen MR) is 286 cm³/mol. The van der Waals surface area contributed by atoms with E-state index in [1.807, 2.05) is 0 Å². The molecule has 0 unspecified atom stereocenters. The van der Waals surface area contributed by atoms with Gasteiger partial charge in [0.1, 0.15) is 11.3 Å². The molecule has 69 heavy (non-hydrogen) atoms. The van der Waals surface area contributed by atoms with Crippen molar-refractivity contribution in [2.75, 3.05) is 9.80 Å². The zero-order valence-electron chi connectivity index (χ0n) is 38.6. The lowest BCUT2D eigenvalue weighted by Gasteiger charge is -2.42. The van der Waals surface area contributed by atoms with E-state index >= 15 is 0 Å². The van der Waals surface area contributed by atoms with Crippen molar-refractivity contribution in [3.8, 4) is 33.6 Å². The van der Waals surface area contributed by atoms with Crippen LogP contribution in [0.4, 0.5) is 34.1 Å². The van der Waals surface area contributed by atoms with Gasteiger partial charge in [0, 0.05) is 44.7 Å². The fourth-order valence-electron chi connectivity index (χ4n) is 11.5. The Balaban J connectivity index is 0.969. The van der Waals surface area contributed by atoms with Gasteiger partial charge in [-0.15, -0.1) is 0 Å². The molecule has 2 heterocycles. The van der Waals surface area contributed by atoms with Crippen molar-refractivity contribution >= 4 is 45.1 Å². The number of para-hydroxylation sites is 3. The highest BCUT2D eigenvalue weighted by molar-refractivity contribution is 5.99. The van der Waals surface area contributed by atoms with Gasteiger partial charge in [0.15, 0.2) is 0 Å². The number of anilines is 6. The second-order valence-electron chi connectivity index (χ2n) is 18.9. The summed E-state index contributed by atoms with van der Waals surface area (Å²) in [7, 11) is 0. The molecule has 0 saturated heterocycles. The summed E-state index contributed by atoms with van der Waals surface area (Å²) in [5.41, 5.74) is 20.1. The van der Waals surface area contributed by atoms with E-state index in [0.29, 0.717) is 0 Å². The summed E-state index contributed by atoms with van der Waals surface area (Å²) in [6, 6.07) is 92.8. The summed E-state index contributed by atoms with van der Waals surface area (Å²) < 4.78 is 6.89. The van der Waals surface area contributed by atoms with Crippen LogP contribution in [-0.2, 0) is 10.8 Å². The number of hydrogen-bond donors (Lipinski definition) is 0. The van der Waals surface area contributed by atoms with Crippen LogP contribution in [0.3, 0.4) is 0 Å². The van der Waals surface area contributed by atoms with Gasteiger partial charge in [-0.1, -0.05) is 190 Å². The molecule has 13 rings (SSSR count). The van der Waals surface area contributed by atoms with Gasteiger partial charge in [-0.3, -0.25) is 0 Å². The quantitative estimate of drug-likeness (QED) is 0.152. The maximum Gasteiger partial charge on any atom is 0.140 e. The van der Waals surface area contributed by atoms with Crippen LogP contribution < -0.4 is 9.80 Å². The van der Waals surface area contributed by atoms with Gasteiger partial charge in [0.2, 0.25) is 0 Å². The Kier molecular flexibility index (Phi) is 9.42. The Bertz CT molecular complexity index is 3630. The average Bonchev–Trinajstić information content (AvgIpc) is 3.94. The van der Waals surface area contributed by atoms with Crippen LogP contribution in [0.5, 0.6) is 0 Å². The van der Waals surface area contributed by atoms with E-state index in [0.717, 1.165) is 45.0 Å². The molecule has 0 spiro atoms. The number of rotatable bonds is 8. The molecule has 2 aliphatic rings. The molecular formula is C66H48N2O. The zero-order chi connectivity index (χ0) is 46.1. The van der Waals surface area contributed by atoms with E-state index in [1.54, 1.807) is 0 Å². The molecule has 11 aromatic rings. The highest BCUT2D eigenvalue weighted by atomic mass is 16.3. The first-order chi connectivity index (χ1) is 34.0. The summed E-state index contributed by atoms with van der Waals surface area (Å²) in [6.45, 7) is 4.72. The van der Waals surface area contributed by atoms with Crippen LogP contribution >= 0.6 is 0 Å². The Hall–Kier alpha value is -8.66. The molecule has 1 aliphatic heterocycles. The second kappa shape index (κ2) is 16.0. The molecule has 0 fully saturated rings. The Morgan fingerprint density at radius 1 is 0.391 bits per heavy atom. The SMILES string of the molecule is CC1(C)c2ccccc2N(c2ccccc2)c2ccc(-c3ccc(N(c4ccc(-c5ccccc5)cc4)c4ccc5c(c4)C(c4ccccc4)(c4ccccc4)c4c-5oc5ccccc45)cc3)cc21. The minimum absolute atomic E-state index is 0.208. The predicted octanol–water partition coefficient (Wildman–Crippen LogP) is 17.7. The maximum absolute atomic E-state index is 6.89. The summed E-state index contributed by atoms with van der Waals surface area (Å²) >= 11 is 0. The number of benzene rings is 10. The van der Waals surface area contributed by atoms with Crippen molar-refractivity contribution in [1.29, 1.82) is 0 Å².